The minimum Gasteiger partial charge on any atom is -0.497 e. The summed E-state index contributed by atoms with van der Waals surface area (Å²) < 4.78 is 15.8. The second kappa shape index (κ2) is 7.62. The smallest absolute Gasteiger partial charge is 0.345 e. The molecule has 2 aromatic rings. The molecule has 29 heavy (non-hydrogen) atoms. The lowest BCUT2D eigenvalue weighted by molar-refractivity contribution is -0.231. The highest BCUT2D eigenvalue weighted by Crippen LogP contribution is 2.44. The van der Waals surface area contributed by atoms with E-state index in [4.69, 9.17) is 24.0 Å². The van der Waals surface area contributed by atoms with Crippen molar-refractivity contribution in [3.63, 3.8) is 0 Å². The molecule has 2 heterocycles. The van der Waals surface area contributed by atoms with Crippen LogP contribution in [0.25, 0.3) is 0 Å². The van der Waals surface area contributed by atoms with Gasteiger partial charge in [-0.15, -0.1) is 0 Å². The van der Waals surface area contributed by atoms with E-state index in [-0.39, 0.29) is 24.4 Å². The number of ether oxygens (including phenoxy) is 3. The van der Waals surface area contributed by atoms with Crippen LogP contribution in [0.2, 0.25) is 0 Å². The number of esters is 1. The van der Waals surface area contributed by atoms with Gasteiger partial charge in [0.05, 0.1) is 14.2 Å². The highest BCUT2D eigenvalue weighted by Gasteiger charge is 2.49. The number of aliphatic hydroxyl groups is 1. The summed E-state index contributed by atoms with van der Waals surface area (Å²) in [4.78, 5) is 22.7. The Morgan fingerprint density at radius 2 is 1.62 bits per heavy atom. The van der Waals surface area contributed by atoms with E-state index in [0.29, 0.717) is 22.6 Å². The number of benzene rings is 2. The molecule has 0 saturated carbocycles. The van der Waals surface area contributed by atoms with Gasteiger partial charge in [0, 0.05) is 17.6 Å². The van der Waals surface area contributed by atoms with Gasteiger partial charge in [-0.2, -0.15) is 4.89 Å². The summed E-state index contributed by atoms with van der Waals surface area (Å²) in [6.45, 7) is 0.211. The van der Waals surface area contributed by atoms with E-state index in [1.165, 1.54) is 0 Å². The largest absolute Gasteiger partial charge is 0.497 e. The average molecular weight is 396 g/mol. The van der Waals surface area contributed by atoms with Crippen LogP contribution in [0.5, 0.6) is 11.5 Å². The second-order valence-corrected chi connectivity index (χ2v) is 6.58. The third-order valence-corrected chi connectivity index (χ3v) is 4.91. The van der Waals surface area contributed by atoms with Crippen molar-refractivity contribution in [2.75, 3.05) is 20.8 Å². The molecule has 0 saturated heterocycles. The van der Waals surface area contributed by atoms with E-state index >= 15 is 0 Å². The Labute approximate surface area is 167 Å². The monoisotopic (exact) mass is 396 g/mol. The van der Waals surface area contributed by atoms with Crippen LogP contribution in [0.1, 0.15) is 11.1 Å². The highest BCUT2D eigenvalue weighted by molar-refractivity contribution is 5.97. The Bertz CT molecular complexity index is 973. The van der Waals surface area contributed by atoms with Crippen molar-refractivity contribution < 1.29 is 33.9 Å². The summed E-state index contributed by atoms with van der Waals surface area (Å²) in [5.74, 6) is -1.04. The third-order valence-electron chi connectivity index (χ3n) is 4.91. The maximum Gasteiger partial charge on any atom is 0.345 e. The van der Waals surface area contributed by atoms with Crippen LogP contribution in [0, 0.1) is 0 Å². The van der Waals surface area contributed by atoms with Crippen LogP contribution < -0.4 is 9.47 Å². The molecule has 0 spiro atoms. The number of hydrogen-bond donors (Lipinski definition) is 1. The van der Waals surface area contributed by atoms with Gasteiger partial charge in [-0.05, 0) is 48.0 Å². The second-order valence-electron chi connectivity index (χ2n) is 6.58. The van der Waals surface area contributed by atoms with Crippen molar-refractivity contribution in [1.29, 1.82) is 0 Å². The van der Waals surface area contributed by atoms with Gasteiger partial charge in [0.2, 0.25) is 0 Å². The third kappa shape index (κ3) is 3.46. The lowest BCUT2D eigenvalue weighted by Crippen LogP contribution is -2.29. The molecule has 2 aliphatic heterocycles. The van der Waals surface area contributed by atoms with E-state index in [9.17, 15) is 9.90 Å². The fourth-order valence-corrected chi connectivity index (χ4v) is 3.38. The molecular formula is C22H20O7. The van der Waals surface area contributed by atoms with E-state index in [1.54, 1.807) is 44.6 Å². The standard InChI is InChI=1S/C22H20O7/c1-25-16-7-3-14(4-8-16)13-18-20(19-11-12-27-29-19)21(23)28-22(18,24)15-5-9-17(26-2)10-6-15/h3-11,24H,12-13H2,1-2H3. The van der Waals surface area contributed by atoms with Crippen LogP contribution in [-0.4, -0.2) is 31.9 Å². The molecule has 7 nitrogen and oxygen atoms in total. The summed E-state index contributed by atoms with van der Waals surface area (Å²) in [6, 6.07) is 14.0. The fraction of sp³-hybridized carbons (Fsp3) is 0.227. The molecule has 0 radical (unpaired) electrons. The highest BCUT2D eigenvalue weighted by atomic mass is 17.2. The summed E-state index contributed by atoms with van der Waals surface area (Å²) in [6.07, 6.45) is 1.89. The van der Waals surface area contributed by atoms with Gasteiger partial charge < -0.3 is 24.2 Å². The molecule has 1 unspecified atom stereocenters. The fourth-order valence-electron chi connectivity index (χ4n) is 3.38. The van der Waals surface area contributed by atoms with Gasteiger partial charge in [-0.25, -0.2) is 4.79 Å². The summed E-state index contributed by atoms with van der Waals surface area (Å²) in [7, 11) is 3.14. The summed E-state index contributed by atoms with van der Waals surface area (Å²) in [5, 5.41) is 11.5. The SMILES string of the molecule is COc1ccc(CC2=C(C3=CCOO3)C(=O)OC2(O)c2ccc(OC)cc2)cc1. The molecule has 150 valence electrons. The molecule has 4 rings (SSSR count). The molecule has 0 amide bonds. The molecule has 1 atom stereocenters. The molecule has 0 aromatic heterocycles. The van der Waals surface area contributed by atoms with Crippen molar-refractivity contribution in [1.82, 2.24) is 0 Å². The molecule has 7 heteroatoms. The van der Waals surface area contributed by atoms with Gasteiger partial charge in [-0.1, -0.05) is 12.1 Å². The number of carbonyl (C=O) groups excluding carboxylic acids is 1. The van der Waals surface area contributed by atoms with Crippen molar-refractivity contribution in [2.45, 2.75) is 12.2 Å². The Kier molecular flexibility index (Phi) is 5.00. The predicted molar refractivity (Wildman–Crippen MR) is 102 cm³/mol. The summed E-state index contributed by atoms with van der Waals surface area (Å²) in [5.41, 5.74) is 1.80. The zero-order chi connectivity index (χ0) is 20.4. The summed E-state index contributed by atoms with van der Waals surface area (Å²) >= 11 is 0. The number of rotatable bonds is 6. The molecule has 2 aliphatic rings. The zero-order valence-corrected chi connectivity index (χ0v) is 16.0. The molecule has 0 bridgehead atoms. The number of hydrogen-bond acceptors (Lipinski definition) is 7. The van der Waals surface area contributed by atoms with Crippen molar-refractivity contribution >= 4 is 5.97 Å². The molecule has 1 N–H and O–H groups in total. The van der Waals surface area contributed by atoms with Crippen molar-refractivity contribution in [3.8, 4) is 11.5 Å². The van der Waals surface area contributed by atoms with Crippen LogP contribution in [-0.2, 0) is 31.5 Å². The van der Waals surface area contributed by atoms with Gasteiger partial charge in [0.15, 0.2) is 5.76 Å². The first kappa shape index (κ1) is 19.0. The first-order valence-electron chi connectivity index (χ1n) is 9.02. The number of carbonyl (C=O) groups is 1. The average Bonchev–Trinajstić information content (AvgIpc) is 3.35. The Hall–Kier alpha value is -3.29. The lowest BCUT2D eigenvalue weighted by Gasteiger charge is -2.26. The molecule has 2 aromatic carbocycles. The van der Waals surface area contributed by atoms with Crippen LogP contribution >= 0.6 is 0 Å². The van der Waals surface area contributed by atoms with Gasteiger partial charge in [0.1, 0.15) is 23.7 Å². The molecule has 0 aliphatic carbocycles. The maximum atomic E-state index is 12.7. The normalized spacial score (nSPS) is 20.9. The first-order valence-corrected chi connectivity index (χ1v) is 9.02. The van der Waals surface area contributed by atoms with E-state index in [0.717, 1.165) is 5.56 Å². The number of cyclic esters (lactones) is 1. The van der Waals surface area contributed by atoms with Gasteiger partial charge in [-0.3, -0.25) is 0 Å². The van der Waals surface area contributed by atoms with E-state index < -0.39 is 11.8 Å². The van der Waals surface area contributed by atoms with Gasteiger partial charge >= 0.3 is 5.97 Å². The van der Waals surface area contributed by atoms with E-state index in [1.807, 2.05) is 24.3 Å². The van der Waals surface area contributed by atoms with Crippen molar-refractivity contribution in [3.05, 3.63) is 82.6 Å². The van der Waals surface area contributed by atoms with Crippen LogP contribution in [0.3, 0.4) is 0 Å². The Balaban J connectivity index is 1.79. The van der Waals surface area contributed by atoms with E-state index in [2.05, 4.69) is 0 Å². The minimum absolute atomic E-state index is 0.164. The van der Waals surface area contributed by atoms with Crippen molar-refractivity contribution in [2.24, 2.45) is 0 Å². The predicted octanol–water partition coefficient (Wildman–Crippen LogP) is 2.79. The quantitative estimate of drug-likeness (QED) is 0.594. The Morgan fingerprint density at radius 1 is 1.00 bits per heavy atom. The molecule has 0 fully saturated rings. The molecular weight excluding hydrogens is 376 g/mol. The zero-order valence-electron chi connectivity index (χ0n) is 16.0. The topological polar surface area (TPSA) is 83.5 Å². The first-order chi connectivity index (χ1) is 14.0. The Morgan fingerprint density at radius 3 is 2.17 bits per heavy atom. The van der Waals surface area contributed by atoms with Gasteiger partial charge in [0.25, 0.3) is 5.79 Å². The van der Waals surface area contributed by atoms with Crippen LogP contribution in [0.4, 0.5) is 0 Å². The number of methoxy groups -OCH3 is 2. The lowest BCUT2D eigenvalue weighted by atomic mass is 9.89. The minimum atomic E-state index is -1.94. The maximum absolute atomic E-state index is 12.7. The van der Waals surface area contributed by atoms with Crippen LogP contribution in [0.15, 0.2) is 71.5 Å².